The predicted octanol–water partition coefficient (Wildman–Crippen LogP) is 4.92. The van der Waals surface area contributed by atoms with Gasteiger partial charge in [-0.05, 0) is 23.8 Å². The van der Waals surface area contributed by atoms with Crippen molar-refractivity contribution in [2.24, 2.45) is 0 Å². The van der Waals surface area contributed by atoms with Crippen LogP contribution < -0.4 is 4.74 Å². The molecule has 0 N–H and O–H groups in total. The lowest BCUT2D eigenvalue weighted by Gasteiger charge is -2.23. The molecule has 0 fully saturated rings. The van der Waals surface area contributed by atoms with Gasteiger partial charge in [0, 0.05) is 20.3 Å². The number of ether oxygens (including phenoxy) is 1. The molecule has 2 aromatic rings. The highest BCUT2D eigenvalue weighted by atomic mass is 19.4. The van der Waals surface area contributed by atoms with Crippen LogP contribution in [0.15, 0.2) is 36.5 Å². The number of carbonyl (C=O) groups is 1. The smallest absolute Gasteiger partial charge is 0.404 e. The Balaban J connectivity index is 2.24. The van der Waals surface area contributed by atoms with Crippen LogP contribution >= 0.6 is 0 Å². The Morgan fingerprint density at radius 3 is 2.00 bits per heavy atom. The predicted molar refractivity (Wildman–Crippen MR) is 83.6 cm³/mol. The van der Waals surface area contributed by atoms with Crippen LogP contribution in [0.4, 0.5) is 30.7 Å². The average molecular weight is 410 g/mol. The number of amides is 1. The first-order valence-corrected chi connectivity index (χ1v) is 7.59. The Hall–Kier alpha value is -2.85. The van der Waals surface area contributed by atoms with Crippen molar-refractivity contribution in [2.75, 3.05) is 14.1 Å². The topological polar surface area (TPSA) is 42.4 Å². The van der Waals surface area contributed by atoms with Crippen molar-refractivity contribution in [3.8, 4) is 11.6 Å². The monoisotopic (exact) mass is 410 g/mol. The third-order valence-corrected chi connectivity index (χ3v) is 3.54. The molecule has 1 heterocycles. The van der Waals surface area contributed by atoms with Crippen molar-refractivity contribution in [3.05, 3.63) is 53.5 Å². The SMILES string of the molecule is CN(C)C(=O)c1cnc(Oc2ccc(C(C(F)(F)F)C(F)(F)F)cc2)c(F)c1. The molecule has 0 aliphatic rings. The third kappa shape index (κ3) is 4.90. The number of benzene rings is 1. The van der Waals surface area contributed by atoms with Gasteiger partial charge in [0.05, 0.1) is 5.56 Å². The Kier molecular flexibility index (Phi) is 5.86. The van der Waals surface area contributed by atoms with Crippen molar-refractivity contribution in [1.82, 2.24) is 9.88 Å². The van der Waals surface area contributed by atoms with Crippen LogP contribution in [0, 0.1) is 5.82 Å². The normalized spacial score (nSPS) is 12.2. The molecule has 0 atom stereocenters. The summed E-state index contributed by atoms with van der Waals surface area (Å²) in [4.78, 5) is 16.5. The van der Waals surface area contributed by atoms with E-state index in [1.165, 1.54) is 19.0 Å². The van der Waals surface area contributed by atoms with Gasteiger partial charge in [0.25, 0.3) is 11.8 Å². The second-order valence-corrected chi connectivity index (χ2v) is 5.90. The zero-order chi connectivity index (χ0) is 21.3. The van der Waals surface area contributed by atoms with Crippen LogP contribution in [-0.2, 0) is 0 Å². The fourth-order valence-electron chi connectivity index (χ4n) is 2.28. The van der Waals surface area contributed by atoms with Crippen LogP contribution in [0.25, 0.3) is 0 Å². The highest BCUT2D eigenvalue weighted by Crippen LogP contribution is 2.46. The highest BCUT2D eigenvalue weighted by molar-refractivity contribution is 5.93. The van der Waals surface area contributed by atoms with Gasteiger partial charge in [0.15, 0.2) is 11.7 Å². The number of hydrogen-bond donors (Lipinski definition) is 0. The lowest BCUT2D eigenvalue weighted by atomic mass is 9.98. The molecule has 4 nitrogen and oxygen atoms in total. The first kappa shape index (κ1) is 21.5. The maximum Gasteiger partial charge on any atom is 0.404 e. The second kappa shape index (κ2) is 7.64. The summed E-state index contributed by atoms with van der Waals surface area (Å²) in [6, 6.07) is 3.69. The van der Waals surface area contributed by atoms with E-state index in [0.29, 0.717) is 12.1 Å². The number of aromatic nitrogens is 1. The van der Waals surface area contributed by atoms with Crippen molar-refractivity contribution in [2.45, 2.75) is 18.3 Å². The van der Waals surface area contributed by atoms with E-state index in [2.05, 4.69) is 4.98 Å². The maximum atomic E-state index is 14.0. The molecule has 0 unspecified atom stereocenters. The standard InChI is InChI=1S/C17H13F7N2O2/c1-26(2)15(27)10-7-12(18)14(25-8-10)28-11-5-3-9(4-6-11)13(16(19,20)21)17(22,23)24/h3-8,13H,1-2H3. The minimum absolute atomic E-state index is 0.0663. The molecule has 1 aromatic carbocycles. The fraction of sp³-hybridized carbons (Fsp3) is 0.294. The summed E-state index contributed by atoms with van der Waals surface area (Å²) >= 11 is 0. The zero-order valence-electron chi connectivity index (χ0n) is 14.4. The second-order valence-electron chi connectivity index (χ2n) is 5.90. The van der Waals surface area contributed by atoms with E-state index in [1.807, 2.05) is 0 Å². The van der Waals surface area contributed by atoms with Gasteiger partial charge in [-0.25, -0.2) is 9.37 Å². The molecule has 2 rings (SSSR count). The number of nitrogens with zero attached hydrogens (tertiary/aromatic N) is 2. The highest BCUT2D eigenvalue weighted by Gasteiger charge is 2.57. The molecule has 0 radical (unpaired) electrons. The van der Waals surface area contributed by atoms with Gasteiger partial charge in [0.2, 0.25) is 0 Å². The van der Waals surface area contributed by atoms with Crippen LogP contribution in [-0.4, -0.2) is 42.2 Å². The van der Waals surface area contributed by atoms with Crippen LogP contribution in [0.5, 0.6) is 11.6 Å². The number of carbonyl (C=O) groups excluding carboxylic acids is 1. The van der Waals surface area contributed by atoms with Gasteiger partial charge in [-0.3, -0.25) is 4.79 Å². The van der Waals surface area contributed by atoms with Gasteiger partial charge < -0.3 is 9.64 Å². The fourth-order valence-corrected chi connectivity index (χ4v) is 2.28. The van der Waals surface area contributed by atoms with E-state index < -0.39 is 41.4 Å². The van der Waals surface area contributed by atoms with E-state index in [9.17, 15) is 35.5 Å². The molecule has 0 aliphatic carbocycles. The Morgan fingerprint density at radius 1 is 1.04 bits per heavy atom. The summed E-state index contributed by atoms with van der Waals surface area (Å²) in [5.74, 6) is -6.02. The molecule has 0 saturated carbocycles. The molecule has 1 amide bonds. The van der Waals surface area contributed by atoms with Crippen molar-refractivity contribution >= 4 is 5.91 Å². The molecule has 0 bridgehead atoms. The van der Waals surface area contributed by atoms with Crippen molar-refractivity contribution in [1.29, 1.82) is 0 Å². The number of pyridine rings is 1. The maximum absolute atomic E-state index is 14.0. The summed E-state index contributed by atoms with van der Waals surface area (Å²) in [5, 5.41) is 0. The summed E-state index contributed by atoms with van der Waals surface area (Å²) in [6.07, 6.45) is -10.0. The minimum Gasteiger partial charge on any atom is -0.436 e. The van der Waals surface area contributed by atoms with E-state index in [4.69, 9.17) is 4.74 Å². The molecule has 0 saturated heterocycles. The van der Waals surface area contributed by atoms with E-state index >= 15 is 0 Å². The number of halogens is 7. The van der Waals surface area contributed by atoms with Crippen molar-refractivity contribution < 1.29 is 40.3 Å². The molecular weight excluding hydrogens is 397 g/mol. The largest absolute Gasteiger partial charge is 0.436 e. The number of alkyl halides is 6. The lowest BCUT2D eigenvalue weighted by molar-refractivity contribution is -0.253. The molecule has 1 aromatic heterocycles. The lowest BCUT2D eigenvalue weighted by Crippen LogP contribution is -2.34. The van der Waals surface area contributed by atoms with Gasteiger partial charge in [-0.1, -0.05) is 12.1 Å². The van der Waals surface area contributed by atoms with Crippen LogP contribution in [0.2, 0.25) is 0 Å². The number of hydrogen-bond acceptors (Lipinski definition) is 3. The first-order chi connectivity index (χ1) is 12.8. The molecule has 0 spiro atoms. The van der Waals surface area contributed by atoms with Crippen LogP contribution in [0.1, 0.15) is 21.8 Å². The Labute approximate surface area is 154 Å². The minimum atomic E-state index is -5.52. The molecule has 11 heteroatoms. The Morgan fingerprint density at radius 2 is 1.57 bits per heavy atom. The van der Waals surface area contributed by atoms with Gasteiger partial charge in [0.1, 0.15) is 5.75 Å². The first-order valence-electron chi connectivity index (χ1n) is 7.59. The molecule has 28 heavy (non-hydrogen) atoms. The summed E-state index contributed by atoms with van der Waals surface area (Å²) in [6.45, 7) is 0. The summed E-state index contributed by atoms with van der Waals surface area (Å²) in [7, 11) is 2.89. The van der Waals surface area contributed by atoms with E-state index in [-0.39, 0.29) is 11.3 Å². The Bertz CT molecular complexity index is 832. The summed E-state index contributed by atoms with van der Waals surface area (Å²) in [5.41, 5.74) is -1.10. The quantitative estimate of drug-likeness (QED) is 0.672. The van der Waals surface area contributed by atoms with Crippen molar-refractivity contribution in [3.63, 3.8) is 0 Å². The number of rotatable bonds is 4. The average Bonchev–Trinajstić information content (AvgIpc) is 2.55. The van der Waals surface area contributed by atoms with Gasteiger partial charge >= 0.3 is 12.4 Å². The van der Waals surface area contributed by atoms with Gasteiger partial charge in [-0.2, -0.15) is 26.3 Å². The zero-order valence-corrected chi connectivity index (χ0v) is 14.4. The molecular formula is C17H13F7N2O2. The molecule has 0 aliphatic heterocycles. The third-order valence-electron chi connectivity index (χ3n) is 3.54. The van der Waals surface area contributed by atoms with E-state index in [0.717, 1.165) is 24.4 Å². The van der Waals surface area contributed by atoms with Gasteiger partial charge in [-0.15, -0.1) is 0 Å². The summed E-state index contributed by atoms with van der Waals surface area (Å²) < 4.78 is 95.4. The molecule has 152 valence electrons. The van der Waals surface area contributed by atoms with E-state index in [1.54, 1.807) is 0 Å². The van der Waals surface area contributed by atoms with Crippen LogP contribution in [0.3, 0.4) is 0 Å².